The fraction of sp³-hybridized carbons (Fsp3) is 0.944. The Morgan fingerprint density at radius 1 is 1.26 bits per heavy atom. The summed E-state index contributed by atoms with van der Waals surface area (Å²) >= 11 is 0. The monoisotopic (exact) mass is 326 g/mol. The minimum Gasteiger partial charge on any atom is -0.381 e. The number of aliphatic imine (C=N–C) groups is 1. The lowest BCUT2D eigenvalue weighted by Crippen LogP contribution is -2.39. The molecule has 5 heteroatoms. The highest BCUT2D eigenvalue weighted by Crippen LogP contribution is 2.18. The SMILES string of the molecule is CCNC(=NCCCOCC(C)C)NCCC1CCN(C)CC1. The lowest BCUT2D eigenvalue weighted by Gasteiger charge is -2.29. The molecule has 0 atom stereocenters. The van der Waals surface area contributed by atoms with Crippen molar-refractivity contribution in [1.29, 1.82) is 0 Å². The predicted octanol–water partition coefficient (Wildman–Crippen LogP) is 2.34. The van der Waals surface area contributed by atoms with Gasteiger partial charge >= 0.3 is 0 Å². The van der Waals surface area contributed by atoms with Crippen molar-refractivity contribution in [2.75, 3.05) is 53.0 Å². The molecule has 5 nitrogen and oxygen atoms in total. The van der Waals surface area contributed by atoms with Crippen molar-refractivity contribution in [3.8, 4) is 0 Å². The van der Waals surface area contributed by atoms with Gasteiger partial charge in [-0.15, -0.1) is 0 Å². The number of rotatable bonds is 10. The summed E-state index contributed by atoms with van der Waals surface area (Å²) in [4.78, 5) is 7.06. The van der Waals surface area contributed by atoms with E-state index in [1.54, 1.807) is 0 Å². The summed E-state index contributed by atoms with van der Waals surface area (Å²) in [6, 6.07) is 0. The number of hydrogen-bond acceptors (Lipinski definition) is 3. The highest BCUT2D eigenvalue weighted by molar-refractivity contribution is 5.79. The molecule has 1 saturated heterocycles. The van der Waals surface area contributed by atoms with Gasteiger partial charge < -0.3 is 20.3 Å². The van der Waals surface area contributed by atoms with Gasteiger partial charge in [-0.3, -0.25) is 4.99 Å². The molecule has 1 rings (SSSR count). The molecule has 0 bridgehead atoms. The molecule has 0 amide bonds. The van der Waals surface area contributed by atoms with E-state index in [1.807, 2.05) is 0 Å². The van der Waals surface area contributed by atoms with E-state index >= 15 is 0 Å². The number of guanidine groups is 1. The fourth-order valence-electron chi connectivity index (χ4n) is 2.76. The Morgan fingerprint density at radius 3 is 2.65 bits per heavy atom. The minimum absolute atomic E-state index is 0.608. The quantitative estimate of drug-likeness (QED) is 0.367. The van der Waals surface area contributed by atoms with Gasteiger partial charge in [0.1, 0.15) is 0 Å². The predicted molar refractivity (Wildman–Crippen MR) is 99.1 cm³/mol. The van der Waals surface area contributed by atoms with Crippen LogP contribution in [-0.4, -0.2) is 63.8 Å². The maximum absolute atomic E-state index is 5.59. The van der Waals surface area contributed by atoms with E-state index in [9.17, 15) is 0 Å². The Morgan fingerprint density at radius 2 is 2.00 bits per heavy atom. The van der Waals surface area contributed by atoms with E-state index in [0.29, 0.717) is 5.92 Å². The Hall–Kier alpha value is -0.810. The first-order valence-electron chi connectivity index (χ1n) is 9.40. The summed E-state index contributed by atoms with van der Waals surface area (Å²) in [6.45, 7) is 13.3. The van der Waals surface area contributed by atoms with Gasteiger partial charge in [0.25, 0.3) is 0 Å². The average Bonchev–Trinajstić information content (AvgIpc) is 2.52. The van der Waals surface area contributed by atoms with Crippen molar-refractivity contribution in [3.05, 3.63) is 0 Å². The van der Waals surface area contributed by atoms with Gasteiger partial charge in [0.15, 0.2) is 5.96 Å². The minimum atomic E-state index is 0.608. The third-order valence-corrected chi connectivity index (χ3v) is 4.20. The van der Waals surface area contributed by atoms with Crippen molar-refractivity contribution >= 4 is 5.96 Å². The standard InChI is InChI=1S/C18H38N4O/c1-5-19-18(20-10-6-14-23-15-16(2)3)21-11-7-17-8-12-22(4)13-9-17/h16-17H,5-15H2,1-4H3,(H2,19,20,21). The molecule has 1 fully saturated rings. The molecule has 2 N–H and O–H groups in total. The van der Waals surface area contributed by atoms with E-state index in [1.165, 1.54) is 32.4 Å². The summed E-state index contributed by atoms with van der Waals surface area (Å²) in [5.74, 6) is 2.42. The largest absolute Gasteiger partial charge is 0.381 e. The Kier molecular flexibility index (Phi) is 11.1. The fourth-order valence-corrected chi connectivity index (χ4v) is 2.76. The van der Waals surface area contributed by atoms with Gasteiger partial charge in [0.05, 0.1) is 0 Å². The summed E-state index contributed by atoms with van der Waals surface area (Å²) < 4.78 is 5.59. The Labute approximate surface area is 143 Å². The highest BCUT2D eigenvalue weighted by Gasteiger charge is 2.16. The molecule has 0 unspecified atom stereocenters. The highest BCUT2D eigenvalue weighted by atomic mass is 16.5. The van der Waals surface area contributed by atoms with Gasteiger partial charge in [0, 0.05) is 32.8 Å². The second-order valence-electron chi connectivity index (χ2n) is 7.05. The van der Waals surface area contributed by atoms with E-state index in [0.717, 1.165) is 51.1 Å². The first-order chi connectivity index (χ1) is 11.1. The Bertz CT molecular complexity index is 312. The summed E-state index contributed by atoms with van der Waals surface area (Å²) in [5.41, 5.74) is 0. The van der Waals surface area contributed by atoms with Gasteiger partial charge in [0.2, 0.25) is 0 Å². The van der Waals surface area contributed by atoms with Crippen LogP contribution in [0.5, 0.6) is 0 Å². The number of hydrogen-bond donors (Lipinski definition) is 2. The molecule has 1 aliphatic rings. The zero-order valence-corrected chi connectivity index (χ0v) is 15.7. The van der Waals surface area contributed by atoms with Gasteiger partial charge in [-0.1, -0.05) is 13.8 Å². The maximum Gasteiger partial charge on any atom is 0.191 e. The number of nitrogens with zero attached hydrogens (tertiary/aromatic N) is 2. The van der Waals surface area contributed by atoms with Crippen LogP contribution < -0.4 is 10.6 Å². The lowest BCUT2D eigenvalue weighted by molar-refractivity contribution is 0.109. The van der Waals surface area contributed by atoms with Crippen molar-refractivity contribution < 1.29 is 4.74 Å². The van der Waals surface area contributed by atoms with Crippen LogP contribution in [0.3, 0.4) is 0 Å². The number of ether oxygens (including phenoxy) is 1. The molecule has 0 aliphatic carbocycles. The van der Waals surface area contributed by atoms with Crippen LogP contribution in [0, 0.1) is 11.8 Å². The smallest absolute Gasteiger partial charge is 0.191 e. The van der Waals surface area contributed by atoms with Crippen molar-refractivity contribution in [1.82, 2.24) is 15.5 Å². The molecule has 0 aromatic heterocycles. The van der Waals surface area contributed by atoms with Gasteiger partial charge in [-0.05, 0) is 64.6 Å². The molecule has 136 valence electrons. The summed E-state index contributed by atoms with van der Waals surface area (Å²) in [7, 11) is 2.22. The van der Waals surface area contributed by atoms with E-state index in [4.69, 9.17) is 4.74 Å². The third kappa shape index (κ3) is 10.6. The normalized spacial score (nSPS) is 17.7. The van der Waals surface area contributed by atoms with Crippen LogP contribution in [0.25, 0.3) is 0 Å². The van der Waals surface area contributed by atoms with Crippen molar-refractivity contribution in [2.24, 2.45) is 16.8 Å². The summed E-state index contributed by atoms with van der Waals surface area (Å²) in [5, 5.41) is 6.80. The lowest BCUT2D eigenvalue weighted by atomic mass is 9.94. The van der Waals surface area contributed by atoms with E-state index in [2.05, 4.69) is 48.3 Å². The van der Waals surface area contributed by atoms with Crippen LogP contribution in [0.2, 0.25) is 0 Å². The Balaban J connectivity index is 2.13. The molecule has 0 aromatic carbocycles. The van der Waals surface area contributed by atoms with Crippen LogP contribution in [-0.2, 0) is 4.74 Å². The first-order valence-corrected chi connectivity index (χ1v) is 9.40. The van der Waals surface area contributed by atoms with E-state index in [-0.39, 0.29) is 0 Å². The van der Waals surface area contributed by atoms with E-state index < -0.39 is 0 Å². The molecule has 0 radical (unpaired) electrons. The topological polar surface area (TPSA) is 48.9 Å². The van der Waals surface area contributed by atoms with Gasteiger partial charge in [-0.25, -0.2) is 0 Å². The maximum atomic E-state index is 5.59. The molecule has 0 aromatic rings. The third-order valence-electron chi connectivity index (χ3n) is 4.20. The van der Waals surface area contributed by atoms with Gasteiger partial charge in [-0.2, -0.15) is 0 Å². The second kappa shape index (κ2) is 12.6. The molecule has 23 heavy (non-hydrogen) atoms. The number of likely N-dealkylation sites (tertiary alicyclic amines) is 1. The zero-order chi connectivity index (χ0) is 16.9. The van der Waals surface area contributed by atoms with Crippen LogP contribution in [0.15, 0.2) is 4.99 Å². The molecule has 0 saturated carbocycles. The number of piperidine rings is 1. The molecule has 1 heterocycles. The van der Waals surface area contributed by atoms with Crippen LogP contribution in [0.4, 0.5) is 0 Å². The molecule has 0 spiro atoms. The molecular weight excluding hydrogens is 288 g/mol. The van der Waals surface area contributed by atoms with Crippen LogP contribution >= 0.6 is 0 Å². The number of nitrogens with one attached hydrogen (secondary N) is 2. The first kappa shape index (κ1) is 20.2. The second-order valence-corrected chi connectivity index (χ2v) is 7.05. The van der Waals surface area contributed by atoms with Crippen molar-refractivity contribution in [2.45, 2.75) is 46.5 Å². The molecular formula is C18H38N4O. The molecule has 1 aliphatic heterocycles. The van der Waals surface area contributed by atoms with Crippen molar-refractivity contribution in [3.63, 3.8) is 0 Å². The average molecular weight is 327 g/mol. The van der Waals surface area contributed by atoms with Crippen LogP contribution in [0.1, 0.15) is 46.5 Å². The summed E-state index contributed by atoms with van der Waals surface area (Å²) in [6.07, 6.45) is 4.89. The zero-order valence-electron chi connectivity index (χ0n) is 15.7.